The van der Waals surface area contributed by atoms with E-state index in [2.05, 4.69) is 6.58 Å². The molecule has 2 heteroatoms. The Labute approximate surface area is 83.2 Å². The zero-order valence-electron chi connectivity index (χ0n) is 7.76. The average molecular weight is 188 g/mol. The number of carboxylic acids is 1. The molecule has 1 atom stereocenters. The zero-order chi connectivity index (χ0) is 10.4. The normalized spacial score (nSPS) is 12.6. The minimum atomic E-state index is -0.937. The van der Waals surface area contributed by atoms with Crippen LogP contribution in [-0.2, 0) is 4.79 Å². The number of carboxylic acid groups (broad SMARTS) is 1. The fourth-order valence-corrected chi connectivity index (χ4v) is 1.19. The van der Waals surface area contributed by atoms with Crippen LogP contribution in [0, 0.1) is 0 Å². The number of hydrogen-bond donors (Lipinski definition) is 1. The van der Waals surface area contributed by atoms with Gasteiger partial charge in [0.15, 0.2) is 0 Å². The Kier molecular flexibility index (Phi) is 3.68. The standard InChI is InChI=1S/C12H12O2/c1-2-10(8-9-12(13)14)11-6-4-3-5-7-11/h2-10H,1H2,(H,13,14). The summed E-state index contributed by atoms with van der Waals surface area (Å²) >= 11 is 0. The fourth-order valence-electron chi connectivity index (χ4n) is 1.19. The van der Waals surface area contributed by atoms with Gasteiger partial charge in [-0.05, 0) is 5.56 Å². The second-order valence-electron chi connectivity index (χ2n) is 2.87. The van der Waals surface area contributed by atoms with E-state index >= 15 is 0 Å². The van der Waals surface area contributed by atoms with Crippen molar-refractivity contribution in [3.63, 3.8) is 0 Å². The molecule has 0 heterocycles. The van der Waals surface area contributed by atoms with E-state index in [-0.39, 0.29) is 5.92 Å². The topological polar surface area (TPSA) is 37.3 Å². The quantitative estimate of drug-likeness (QED) is 0.582. The molecule has 0 aromatic heterocycles. The highest BCUT2D eigenvalue weighted by atomic mass is 16.4. The summed E-state index contributed by atoms with van der Waals surface area (Å²) in [5.74, 6) is -0.972. The van der Waals surface area contributed by atoms with Crippen molar-refractivity contribution in [1.29, 1.82) is 0 Å². The average Bonchev–Trinajstić information content (AvgIpc) is 2.20. The maximum absolute atomic E-state index is 10.3. The summed E-state index contributed by atoms with van der Waals surface area (Å²) in [6.45, 7) is 3.67. The molecule has 1 aromatic carbocycles. The molecule has 1 unspecified atom stereocenters. The van der Waals surface area contributed by atoms with Crippen LogP contribution in [0.1, 0.15) is 11.5 Å². The SMILES string of the molecule is C=CC(C=CC(=O)O)c1ccccc1. The van der Waals surface area contributed by atoms with Crippen LogP contribution in [-0.4, -0.2) is 11.1 Å². The van der Waals surface area contributed by atoms with Crippen molar-refractivity contribution in [1.82, 2.24) is 0 Å². The molecule has 1 rings (SSSR count). The van der Waals surface area contributed by atoms with Crippen LogP contribution in [0.4, 0.5) is 0 Å². The van der Waals surface area contributed by atoms with E-state index in [1.807, 2.05) is 30.3 Å². The minimum absolute atomic E-state index is 0.0349. The van der Waals surface area contributed by atoms with Gasteiger partial charge >= 0.3 is 5.97 Å². The Morgan fingerprint density at radius 2 is 2.00 bits per heavy atom. The first-order valence-electron chi connectivity index (χ1n) is 4.32. The largest absolute Gasteiger partial charge is 0.478 e. The van der Waals surface area contributed by atoms with Crippen molar-refractivity contribution in [3.8, 4) is 0 Å². The van der Waals surface area contributed by atoms with Crippen molar-refractivity contribution in [3.05, 3.63) is 60.7 Å². The van der Waals surface area contributed by atoms with Gasteiger partial charge in [0.25, 0.3) is 0 Å². The molecule has 0 radical (unpaired) electrons. The molecule has 1 N–H and O–H groups in total. The second-order valence-corrected chi connectivity index (χ2v) is 2.87. The van der Waals surface area contributed by atoms with Crippen molar-refractivity contribution >= 4 is 5.97 Å². The number of allylic oxidation sites excluding steroid dienone is 2. The van der Waals surface area contributed by atoms with Gasteiger partial charge in [0.05, 0.1) is 0 Å². The van der Waals surface area contributed by atoms with Gasteiger partial charge in [-0.2, -0.15) is 0 Å². The third-order valence-corrected chi connectivity index (χ3v) is 1.88. The molecule has 0 aliphatic carbocycles. The highest BCUT2D eigenvalue weighted by Crippen LogP contribution is 2.17. The molecule has 0 amide bonds. The molecule has 14 heavy (non-hydrogen) atoms. The van der Waals surface area contributed by atoms with Crippen LogP contribution in [0.25, 0.3) is 0 Å². The molecule has 0 spiro atoms. The minimum Gasteiger partial charge on any atom is -0.478 e. The number of aliphatic carboxylic acids is 1. The van der Waals surface area contributed by atoms with E-state index in [1.165, 1.54) is 0 Å². The first-order valence-corrected chi connectivity index (χ1v) is 4.32. The Hall–Kier alpha value is -1.83. The van der Waals surface area contributed by atoms with Crippen molar-refractivity contribution in [2.24, 2.45) is 0 Å². The van der Waals surface area contributed by atoms with E-state index in [0.29, 0.717) is 0 Å². The summed E-state index contributed by atoms with van der Waals surface area (Å²) in [6, 6.07) is 9.64. The lowest BCUT2D eigenvalue weighted by molar-refractivity contribution is -0.131. The number of rotatable bonds is 4. The highest BCUT2D eigenvalue weighted by molar-refractivity contribution is 5.80. The molecule has 0 saturated carbocycles. The predicted octanol–water partition coefficient (Wildman–Crippen LogP) is 2.60. The van der Waals surface area contributed by atoms with Crippen LogP contribution in [0.3, 0.4) is 0 Å². The van der Waals surface area contributed by atoms with E-state index < -0.39 is 5.97 Å². The third-order valence-electron chi connectivity index (χ3n) is 1.88. The van der Waals surface area contributed by atoms with Gasteiger partial charge in [-0.25, -0.2) is 4.79 Å². The van der Waals surface area contributed by atoms with Crippen LogP contribution < -0.4 is 0 Å². The third kappa shape index (κ3) is 2.90. The first-order chi connectivity index (χ1) is 6.74. The second kappa shape index (κ2) is 5.02. The smallest absolute Gasteiger partial charge is 0.328 e. The van der Waals surface area contributed by atoms with Crippen LogP contribution in [0.15, 0.2) is 55.1 Å². The number of carbonyl (C=O) groups is 1. The van der Waals surface area contributed by atoms with Crippen molar-refractivity contribution in [2.45, 2.75) is 5.92 Å². The Morgan fingerprint density at radius 3 is 2.50 bits per heavy atom. The first kappa shape index (κ1) is 10.3. The van der Waals surface area contributed by atoms with E-state index in [4.69, 9.17) is 5.11 Å². The molecule has 0 aliphatic heterocycles. The van der Waals surface area contributed by atoms with Gasteiger partial charge in [0.2, 0.25) is 0 Å². The van der Waals surface area contributed by atoms with Gasteiger partial charge in [-0.15, -0.1) is 6.58 Å². The molecule has 72 valence electrons. The summed E-state index contributed by atoms with van der Waals surface area (Å²) in [5, 5.41) is 8.48. The Bertz CT molecular complexity index is 339. The van der Waals surface area contributed by atoms with Crippen LogP contribution in [0.2, 0.25) is 0 Å². The number of hydrogen-bond acceptors (Lipinski definition) is 1. The molecule has 0 fully saturated rings. The van der Waals surface area contributed by atoms with Crippen LogP contribution >= 0.6 is 0 Å². The summed E-state index contributed by atoms with van der Waals surface area (Å²) in [4.78, 5) is 10.3. The lowest BCUT2D eigenvalue weighted by atomic mass is 9.99. The zero-order valence-corrected chi connectivity index (χ0v) is 7.76. The molecule has 1 aromatic rings. The summed E-state index contributed by atoms with van der Waals surface area (Å²) < 4.78 is 0. The molecule has 0 saturated heterocycles. The maximum Gasteiger partial charge on any atom is 0.328 e. The van der Waals surface area contributed by atoms with Gasteiger partial charge in [-0.1, -0.05) is 42.5 Å². The number of benzene rings is 1. The Morgan fingerprint density at radius 1 is 1.36 bits per heavy atom. The highest BCUT2D eigenvalue weighted by Gasteiger charge is 2.02. The molecular formula is C12H12O2. The lowest BCUT2D eigenvalue weighted by Gasteiger charge is -2.06. The van der Waals surface area contributed by atoms with Gasteiger partial charge < -0.3 is 5.11 Å². The lowest BCUT2D eigenvalue weighted by Crippen LogP contribution is -1.93. The molecular weight excluding hydrogens is 176 g/mol. The molecule has 2 nitrogen and oxygen atoms in total. The van der Waals surface area contributed by atoms with Crippen LogP contribution in [0.5, 0.6) is 0 Å². The van der Waals surface area contributed by atoms with Gasteiger partial charge in [0, 0.05) is 12.0 Å². The van der Waals surface area contributed by atoms with Gasteiger partial charge in [0.1, 0.15) is 0 Å². The van der Waals surface area contributed by atoms with E-state index in [1.54, 1.807) is 12.2 Å². The van der Waals surface area contributed by atoms with Crippen molar-refractivity contribution in [2.75, 3.05) is 0 Å². The summed E-state index contributed by atoms with van der Waals surface area (Å²) in [5.41, 5.74) is 1.04. The summed E-state index contributed by atoms with van der Waals surface area (Å²) in [7, 11) is 0. The molecule has 0 bridgehead atoms. The van der Waals surface area contributed by atoms with E-state index in [9.17, 15) is 4.79 Å². The van der Waals surface area contributed by atoms with Gasteiger partial charge in [-0.3, -0.25) is 0 Å². The van der Waals surface area contributed by atoms with E-state index in [0.717, 1.165) is 11.6 Å². The Balaban J connectivity index is 2.83. The van der Waals surface area contributed by atoms with Crippen molar-refractivity contribution < 1.29 is 9.90 Å². The summed E-state index contributed by atoms with van der Waals surface area (Å²) in [6.07, 6.45) is 4.47. The maximum atomic E-state index is 10.3. The monoisotopic (exact) mass is 188 g/mol. The predicted molar refractivity (Wildman–Crippen MR) is 56.2 cm³/mol. The molecule has 0 aliphatic rings. The fraction of sp³-hybridized carbons (Fsp3) is 0.0833.